The first-order chi connectivity index (χ1) is 10.2. The topological polar surface area (TPSA) is 86.5 Å². The predicted molar refractivity (Wildman–Crippen MR) is 85.6 cm³/mol. The summed E-state index contributed by atoms with van der Waals surface area (Å²) in [6, 6.07) is 7.09. The molecule has 1 aromatic rings. The van der Waals surface area contributed by atoms with Gasteiger partial charge < -0.3 is 9.47 Å². The summed E-state index contributed by atoms with van der Waals surface area (Å²) in [4.78, 5) is 12.5. The Morgan fingerprint density at radius 1 is 1.27 bits per heavy atom. The summed E-state index contributed by atoms with van der Waals surface area (Å²) in [5, 5.41) is 15.5. The number of hydrogen-bond acceptors (Lipinski definition) is 5. The number of amidine groups is 2. The number of benzene rings is 1. The molecule has 1 rings (SSSR count). The van der Waals surface area contributed by atoms with Crippen LogP contribution in [0.2, 0.25) is 0 Å². The molecule has 0 spiro atoms. The van der Waals surface area contributed by atoms with Gasteiger partial charge in [-0.1, -0.05) is 32.9 Å². The van der Waals surface area contributed by atoms with Crippen molar-refractivity contribution in [3.8, 4) is 5.75 Å². The van der Waals surface area contributed by atoms with E-state index in [-0.39, 0.29) is 18.0 Å². The van der Waals surface area contributed by atoms with E-state index in [1.165, 1.54) is 7.05 Å². The largest absolute Gasteiger partial charge is 0.460 e. The van der Waals surface area contributed by atoms with Crippen molar-refractivity contribution in [2.75, 3.05) is 13.7 Å². The Labute approximate surface area is 131 Å². The maximum atomic E-state index is 11.5. The average molecular weight is 305 g/mol. The lowest BCUT2D eigenvalue weighted by molar-refractivity contribution is -0.135. The van der Waals surface area contributed by atoms with Crippen LogP contribution >= 0.6 is 0 Å². The second kappa shape index (κ2) is 7.06. The maximum Gasteiger partial charge on any atom is 0.374 e. The molecule has 22 heavy (non-hydrogen) atoms. The standard InChI is InChI=1S/C16H23N3O3/c1-6-21-14(20)13(17)19(5)15(18)22-12-9-7-8-11(10-12)16(2,3)4/h7-10,17-18H,6H2,1-5H3. The van der Waals surface area contributed by atoms with E-state index in [0.29, 0.717) is 5.75 Å². The van der Waals surface area contributed by atoms with Gasteiger partial charge in [0, 0.05) is 7.05 Å². The summed E-state index contributed by atoms with van der Waals surface area (Å²) in [7, 11) is 1.41. The van der Waals surface area contributed by atoms with Crippen LogP contribution in [-0.4, -0.2) is 36.4 Å². The first-order valence-electron chi connectivity index (χ1n) is 7.03. The molecular formula is C16H23N3O3. The van der Waals surface area contributed by atoms with Gasteiger partial charge in [-0.2, -0.15) is 0 Å². The molecule has 0 aliphatic heterocycles. The molecule has 0 unspecified atom stereocenters. The summed E-state index contributed by atoms with van der Waals surface area (Å²) in [5.74, 6) is -0.749. The highest BCUT2D eigenvalue weighted by atomic mass is 16.5. The zero-order chi connectivity index (χ0) is 16.9. The SMILES string of the molecule is CCOC(=O)C(=N)N(C)C(=N)Oc1cccc(C(C)(C)C)c1. The smallest absolute Gasteiger partial charge is 0.374 e. The normalized spacial score (nSPS) is 10.8. The lowest BCUT2D eigenvalue weighted by atomic mass is 9.87. The maximum absolute atomic E-state index is 11.5. The number of likely N-dealkylation sites (N-methyl/N-ethyl adjacent to an activating group) is 1. The molecule has 0 aliphatic carbocycles. The number of carbonyl (C=O) groups excluding carboxylic acids is 1. The number of rotatable bonds is 2. The fourth-order valence-electron chi connectivity index (χ4n) is 1.64. The molecule has 0 heterocycles. The molecule has 0 aromatic heterocycles. The van der Waals surface area contributed by atoms with E-state index in [1.54, 1.807) is 13.0 Å². The molecule has 0 fully saturated rings. The minimum absolute atomic E-state index is 0.0366. The highest BCUT2D eigenvalue weighted by Crippen LogP contribution is 2.25. The second-order valence-electron chi connectivity index (χ2n) is 5.81. The Bertz CT molecular complexity index is 576. The molecular weight excluding hydrogens is 282 g/mol. The Balaban J connectivity index is 2.80. The molecule has 0 saturated carbocycles. The third kappa shape index (κ3) is 4.58. The Kier molecular flexibility index (Phi) is 5.68. The van der Waals surface area contributed by atoms with E-state index in [9.17, 15) is 4.79 Å². The molecule has 6 nitrogen and oxygen atoms in total. The fraction of sp³-hybridized carbons (Fsp3) is 0.438. The van der Waals surface area contributed by atoms with E-state index in [0.717, 1.165) is 10.5 Å². The number of ether oxygens (including phenoxy) is 2. The Morgan fingerprint density at radius 3 is 2.45 bits per heavy atom. The molecule has 120 valence electrons. The second-order valence-corrected chi connectivity index (χ2v) is 5.81. The first kappa shape index (κ1) is 17.7. The van der Waals surface area contributed by atoms with Crippen LogP contribution in [0.4, 0.5) is 0 Å². The average Bonchev–Trinajstić information content (AvgIpc) is 2.45. The summed E-state index contributed by atoms with van der Waals surface area (Å²) < 4.78 is 10.2. The molecule has 0 bridgehead atoms. The zero-order valence-electron chi connectivity index (χ0n) is 13.7. The predicted octanol–water partition coefficient (Wildman–Crippen LogP) is 2.77. The Morgan fingerprint density at radius 2 is 1.91 bits per heavy atom. The monoisotopic (exact) mass is 305 g/mol. The minimum Gasteiger partial charge on any atom is -0.460 e. The number of carbonyl (C=O) groups is 1. The minimum atomic E-state index is -0.790. The molecule has 6 heteroatoms. The summed E-state index contributed by atoms with van der Waals surface area (Å²) in [5.41, 5.74) is 1.03. The van der Waals surface area contributed by atoms with Gasteiger partial charge in [-0.15, -0.1) is 0 Å². The highest BCUT2D eigenvalue weighted by Gasteiger charge is 2.21. The Hall–Kier alpha value is -2.37. The fourth-order valence-corrected chi connectivity index (χ4v) is 1.64. The zero-order valence-corrected chi connectivity index (χ0v) is 13.7. The quantitative estimate of drug-likeness (QED) is 0.500. The van der Waals surface area contributed by atoms with Crippen LogP contribution in [0, 0.1) is 10.8 Å². The summed E-state index contributed by atoms with van der Waals surface area (Å²) >= 11 is 0. The van der Waals surface area contributed by atoms with Gasteiger partial charge >= 0.3 is 5.97 Å². The molecule has 0 amide bonds. The van der Waals surface area contributed by atoms with Crippen molar-refractivity contribution in [1.82, 2.24) is 4.90 Å². The van der Waals surface area contributed by atoms with E-state index >= 15 is 0 Å². The van der Waals surface area contributed by atoms with Crippen LogP contribution < -0.4 is 4.74 Å². The van der Waals surface area contributed by atoms with Crippen molar-refractivity contribution in [2.45, 2.75) is 33.1 Å². The molecule has 0 radical (unpaired) electrons. The number of esters is 1. The van der Waals surface area contributed by atoms with Gasteiger partial charge in [-0.25, -0.2) is 4.79 Å². The highest BCUT2D eigenvalue weighted by molar-refractivity contribution is 6.36. The van der Waals surface area contributed by atoms with Crippen molar-refractivity contribution in [3.63, 3.8) is 0 Å². The van der Waals surface area contributed by atoms with Crippen LogP contribution in [0.25, 0.3) is 0 Å². The first-order valence-corrected chi connectivity index (χ1v) is 7.03. The number of nitrogens with zero attached hydrogens (tertiary/aromatic N) is 1. The third-order valence-electron chi connectivity index (χ3n) is 3.02. The van der Waals surface area contributed by atoms with E-state index in [4.69, 9.17) is 20.3 Å². The number of nitrogens with one attached hydrogen (secondary N) is 2. The summed E-state index contributed by atoms with van der Waals surface area (Å²) in [6.45, 7) is 8.09. The van der Waals surface area contributed by atoms with Crippen LogP contribution in [0.15, 0.2) is 24.3 Å². The lowest BCUT2D eigenvalue weighted by Crippen LogP contribution is -2.40. The third-order valence-corrected chi connectivity index (χ3v) is 3.02. The van der Waals surface area contributed by atoms with Crippen LogP contribution in [0.5, 0.6) is 5.75 Å². The van der Waals surface area contributed by atoms with Gasteiger partial charge in [0.15, 0.2) is 0 Å². The van der Waals surface area contributed by atoms with Crippen molar-refractivity contribution in [1.29, 1.82) is 10.8 Å². The van der Waals surface area contributed by atoms with Crippen LogP contribution in [0.3, 0.4) is 0 Å². The van der Waals surface area contributed by atoms with E-state index < -0.39 is 11.8 Å². The van der Waals surface area contributed by atoms with Crippen molar-refractivity contribution < 1.29 is 14.3 Å². The number of hydrogen-bond donors (Lipinski definition) is 2. The van der Waals surface area contributed by atoms with Gasteiger partial charge in [0.2, 0.25) is 5.84 Å². The van der Waals surface area contributed by atoms with Gasteiger partial charge in [0.25, 0.3) is 6.02 Å². The molecule has 0 saturated heterocycles. The molecule has 2 N–H and O–H groups in total. The van der Waals surface area contributed by atoms with E-state index in [2.05, 4.69) is 20.8 Å². The van der Waals surface area contributed by atoms with Crippen molar-refractivity contribution in [3.05, 3.63) is 29.8 Å². The van der Waals surface area contributed by atoms with Crippen LogP contribution in [-0.2, 0) is 14.9 Å². The lowest BCUT2D eigenvalue weighted by Gasteiger charge is -2.21. The van der Waals surface area contributed by atoms with Crippen LogP contribution in [0.1, 0.15) is 33.3 Å². The van der Waals surface area contributed by atoms with E-state index in [1.807, 2.05) is 18.2 Å². The molecule has 0 atom stereocenters. The summed E-state index contributed by atoms with van der Waals surface area (Å²) in [6.07, 6.45) is 0. The van der Waals surface area contributed by atoms with Gasteiger partial charge in [-0.3, -0.25) is 15.7 Å². The van der Waals surface area contributed by atoms with Crippen molar-refractivity contribution in [2.24, 2.45) is 0 Å². The van der Waals surface area contributed by atoms with Gasteiger partial charge in [0.1, 0.15) is 5.75 Å². The molecule has 0 aliphatic rings. The van der Waals surface area contributed by atoms with Gasteiger partial charge in [-0.05, 0) is 30.0 Å². The van der Waals surface area contributed by atoms with Crippen molar-refractivity contribution >= 4 is 17.8 Å². The molecule has 1 aromatic carbocycles. The van der Waals surface area contributed by atoms with Gasteiger partial charge in [0.05, 0.1) is 6.61 Å².